The molecule has 0 spiro atoms. The lowest BCUT2D eigenvalue weighted by Crippen LogP contribution is -2.27. The van der Waals surface area contributed by atoms with Crippen molar-refractivity contribution in [1.29, 1.82) is 0 Å². The van der Waals surface area contributed by atoms with Crippen LogP contribution in [0.1, 0.15) is 45.4 Å². The molecule has 7 nitrogen and oxygen atoms in total. The van der Waals surface area contributed by atoms with Gasteiger partial charge < -0.3 is 25.5 Å². The van der Waals surface area contributed by atoms with Gasteiger partial charge in [-0.1, -0.05) is 18.2 Å². The second-order valence-electron chi connectivity index (χ2n) is 10.5. The van der Waals surface area contributed by atoms with Gasteiger partial charge in [0.25, 0.3) is 11.8 Å². The summed E-state index contributed by atoms with van der Waals surface area (Å²) in [5.74, 6) is -0.275. The molecule has 1 aromatic heterocycles. The molecule has 3 N–H and O–H groups in total. The first-order valence-electron chi connectivity index (χ1n) is 13.8. The van der Waals surface area contributed by atoms with E-state index in [-0.39, 0.29) is 24.0 Å². The first-order valence-corrected chi connectivity index (χ1v) is 14.7. The second-order valence-corrected chi connectivity index (χ2v) is 11.4. The first-order chi connectivity index (χ1) is 19.9. The Morgan fingerprint density at radius 3 is 2.34 bits per heavy atom. The maximum absolute atomic E-state index is 13.0. The van der Waals surface area contributed by atoms with Crippen LogP contribution in [-0.2, 0) is 0 Å². The van der Waals surface area contributed by atoms with Crippen LogP contribution in [0, 0.1) is 0 Å². The average molecular weight is 565 g/mol. The Bertz CT molecular complexity index is 1570. The van der Waals surface area contributed by atoms with Crippen molar-refractivity contribution in [1.82, 2.24) is 0 Å². The fraction of sp³-hybridized carbons (Fsp3) is 0.212. The molecule has 0 radical (unpaired) electrons. The lowest BCUT2D eigenvalue weighted by atomic mass is 10.1. The fourth-order valence-corrected chi connectivity index (χ4v) is 6.04. The molecule has 2 unspecified atom stereocenters. The second kappa shape index (κ2) is 11.6. The Morgan fingerprint density at radius 1 is 0.902 bits per heavy atom. The van der Waals surface area contributed by atoms with Crippen LogP contribution in [0.25, 0.3) is 6.08 Å². The van der Waals surface area contributed by atoms with E-state index >= 15 is 0 Å². The highest BCUT2D eigenvalue weighted by Crippen LogP contribution is 2.37. The summed E-state index contributed by atoms with van der Waals surface area (Å²) in [7, 11) is 0. The minimum Gasteiger partial charge on any atom is -0.391 e. The molecule has 1 saturated heterocycles. The number of fused-ring (bicyclic) bond motifs is 1. The fourth-order valence-electron chi connectivity index (χ4n) is 5.42. The van der Waals surface area contributed by atoms with Crippen LogP contribution >= 0.6 is 11.3 Å². The third-order valence-corrected chi connectivity index (χ3v) is 8.44. The highest BCUT2D eigenvalue weighted by molar-refractivity contribution is 7.12. The van der Waals surface area contributed by atoms with Crippen LogP contribution in [0.2, 0.25) is 0 Å². The molecule has 0 bridgehead atoms. The summed E-state index contributed by atoms with van der Waals surface area (Å²) in [5, 5.41) is 17.7. The van der Waals surface area contributed by atoms with Crippen molar-refractivity contribution in [3.8, 4) is 0 Å². The van der Waals surface area contributed by atoms with Gasteiger partial charge in [0.1, 0.15) is 0 Å². The van der Waals surface area contributed by atoms with Crippen molar-refractivity contribution >= 4 is 57.7 Å². The number of β-amino-alcohol motifs (C(OH)–C–C–N with tert-alkyl or cyclic N) is 1. The van der Waals surface area contributed by atoms with Crippen molar-refractivity contribution in [2.75, 3.05) is 33.5 Å². The predicted octanol–water partition coefficient (Wildman–Crippen LogP) is 6.77. The van der Waals surface area contributed by atoms with Crippen LogP contribution in [-0.4, -0.2) is 42.2 Å². The Hall–Kier alpha value is -4.40. The standard InChI is InChI=1S/C33H32N4O3S/c1-22-4-2-5-24-20-26(35-32(39)23-7-12-27(13-8-23)36-18-17-29(38)21-36)11-16-30(24)37(22)28-14-9-25(10-15-28)34-33(40)31-6-3-19-41-31/h2-3,5-16,19-20,22,29,38H,4,17-18,21H2,1H3,(H,34,40)(H,35,39). The van der Waals surface area contributed by atoms with Gasteiger partial charge in [0.15, 0.2) is 0 Å². The Balaban J connectivity index is 1.17. The zero-order chi connectivity index (χ0) is 28.3. The summed E-state index contributed by atoms with van der Waals surface area (Å²) < 4.78 is 0. The van der Waals surface area contributed by atoms with Gasteiger partial charge in [0.2, 0.25) is 0 Å². The minimum atomic E-state index is -0.289. The van der Waals surface area contributed by atoms with E-state index in [1.807, 2.05) is 84.2 Å². The number of rotatable bonds is 6. The summed E-state index contributed by atoms with van der Waals surface area (Å²) in [6.45, 7) is 3.63. The number of nitrogens with one attached hydrogen (secondary N) is 2. The van der Waals surface area contributed by atoms with Gasteiger partial charge in [-0.2, -0.15) is 0 Å². The number of carbonyl (C=O) groups excluding carboxylic acids is 2. The van der Waals surface area contributed by atoms with Gasteiger partial charge in [0, 0.05) is 53.1 Å². The third-order valence-electron chi connectivity index (χ3n) is 7.57. The molecule has 2 aliphatic rings. The number of aliphatic hydroxyl groups excluding tert-OH is 1. The third kappa shape index (κ3) is 5.89. The summed E-state index contributed by atoms with van der Waals surface area (Å²) in [6.07, 6.45) is 5.62. The number of hydrogen-bond donors (Lipinski definition) is 3. The van der Waals surface area contributed by atoms with Gasteiger partial charge in [-0.15, -0.1) is 11.3 Å². The van der Waals surface area contributed by atoms with E-state index in [2.05, 4.69) is 39.5 Å². The van der Waals surface area contributed by atoms with Crippen LogP contribution in [0.15, 0.2) is 90.3 Å². The highest BCUT2D eigenvalue weighted by atomic mass is 32.1. The van der Waals surface area contributed by atoms with Crippen LogP contribution < -0.4 is 20.4 Å². The smallest absolute Gasteiger partial charge is 0.265 e. The van der Waals surface area contributed by atoms with Gasteiger partial charge in [-0.3, -0.25) is 9.59 Å². The van der Waals surface area contributed by atoms with E-state index in [0.29, 0.717) is 17.0 Å². The van der Waals surface area contributed by atoms with Gasteiger partial charge in [-0.25, -0.2) is 0 Å². The van der Waals surface area contributed by atoms with Crippen molar-refractivity contribution in [3.05, 3.63) is 106 Å². The van der Waals surface area contributed by atoms with Crippen LogP contribution in [0.3, 0.4) is 0 Å². The summed E-state index contributed by atoms with van der Waals surface area (Å²) in [6, 6.07) is 25.3. The maximum Gasteiger partial charge on any atom is 0.265 e. The molecule has 6 rings (SSSR count). The molecular formula is C33H32N4O3S. The zero-order valence-electron chi connectivity index (χ0n) is 22.8. The Labute approximate surface area is 243 Å². The zero-order valence-corrected chi connectivity index (χ0v) is 23.6. The van der Waals surface area contributed by atoms with E-state index in [1.54, 1.807) is 0 Å². The van der Waals surface area contributed by atoms with Gasteiger partial charge >= 0.3 is 0 Å². The molecule has 0 aliphatic carbocycles. The highest BCUT2D eigenvalue weighted by Gasteiger charge is 2.22. The van der Waals surface area contributed by atoms with E-state index in [1.165, 1.54) is 11.3 Å². The molecular weight excluding hydrogens is 532 g/mol. The largest absolute Gasteiger partial charge is 0.391 e. The summed E-state index contributed by atoms with van der Waals surface area (Å²) >= 11 is 1.42. The number of amides is 2. The lowest BCUT2D eigenvalue weighted by Gasteiger charge is -2.31. The number of benzene rings is 3. The van der Waals surface area contributed by atoms with Crippen LogP contribution in [0.4, 0.5) is 28.4 Å². The molecule has 0 saturated carbocycles. The predicted molar refractivity (Wildman–Crippen MR) is 168 cm³/mol. The van der Waals surface area contributed by atoms with E-state index in [0.717, 1.165) is 53.4 Å². The SMILES string of the molecule is CC1CC=Cc2cc(NC(=O)c3ccc(N4CCC(O)C4)cc3)ccc2N1c1ccc(NC(=O)c2cccs2)cc1. The molecule has 208 valence electrons. The first kappa shape index (κ1) is 26.8. The molecule has 2 atom stereocenters. The molecule has 4 aromatic rings. The van der Waals surface area contributed by atoms with Crippen molar-refractivity contribution in [2.24, 2.45) is 0 Å². The molecule has 8 heteroatoms. The van der Waals surface area contributed by atoms with E-state index < -0.39 is 0 Å². The topological polar surface area (TPSA) is 84.9 Å². The van der Waals surface area contributed by atoms with Gasteiger partial charge in [-0.05, 0) is 104 Å². The minimum absolute atomic E-state index is 0.109. The molecule has 1 fully saturated rings. The Morgan fingerprint density at radius 2 is 1.63 bits per heavy atom. The molecule has 3 heterocycles. The van der Waals surface area contributed by atoms with E-state index in [4.69, 9.17) is 0 Å². The van der Waals surface area contributed by atoms with Crippen molar-refractivity contribution in [2.45, 2.75) is 31.9 Å². The monoisotopic (exact) mass is 564 g/mol. The normalized spacial score (nSPS) is 18.1. The van der Waals surface area contributed by atoms with E-state index in [9.17, 15) is 14.7 Å². The summed E-state index contributed by atoms with van der Waals surface area (Å²) in [4.78, 5) is 30.6. The number of aliphatic hydroxyl groups is 1. The molecule has 41 heavy (non-hydrogen) atoms. The van der Waals surface area contributed by atoms with Gasteiger partial charge in [0.05, 0.1) is 11.0 Å². The number of thiophene rings is 1. The molecule has 2 aliphatic heterocycles. The number of nitrogens with zero attached hydrogens (tertiary/aromatic N) is 2. The molecule has 3 aromatic carbocycles. The van der Waals surface area contributed by atoms with Crippen LogP contribution in [0.5, 0.6) is 0 Å². The number of anilines is 5. The quantitative estimate of drug-likeness (QED) is 0.241. The lowest BCUT2D eigenvalue weighted by molar-refractivity contribution is 0.102. The summed E-state index contributed by atoms with van der Waals surface area (Å²) in [5.41, 5.74) is 6.17. The number of carbonyl (C=O) groups is 2. The Kier molecular flexibility index (Phi) is 7.59. The molecule has 2 amide bonds. The van der Waals surface area contributed by atoms with Crippen molar-refractivity contribution in [3.63, 3.8) is 0 Å². The average Bonchev–Trinajstić information content (AvgIpc) is 3.65. The maximum atomic E-state index is 13.0. The number of hydrogen-bond acceptors (Lipinski definition) is 6. The van der Waals surface area contributed by atoms with Crippen molar-refractivity contribution < 1.29 is 14.7 Å².